The molecule has 1 aliphatic heterocycles. The molecule has 0 spiro atoms. The zero-order valence-corrected chi connectivity index (χ0v) is 13.7. The lowest BCUT2D eigenvalue weighted by atomic mass is 9.87. The Labute approximate surface area is 138 Å². The van der Waals surface area contributed by atoms with Crippen LogP contribution in [0.2, 0.25) is 5.02 Å². The molecule has 1 aromatic rings. The summed E-state index contributed by atoms with van der Waals surface area (Å²) in [5.41, 5.74) is 5.36. The van der Waals surface area contributed by atoms with E-state index in [0.717, 1.165) is 0 Å². The first-order chi connectivity index (χ1) is 10.8. The van der Waals surface area contributed by atoms with Gasteiger partial charge in [-0.1, -0.05) is 18.5 Å². The van der Waals surface area contributed by atoms with Crippen LogP contribution in [-0.2, 0) is 9.53 Å². The Balaban J connectivity index is 2.13. The summed E-state index contributed by atoms with van der Waals surface area (Å²) in [5.74, 6) is -1.49. The summed E-state index contributed by atoms with van der Waals surface area (Å²) in [4.78, 5) is 40.9. The summed E-state index contributed by atoms with van der Waals surface area (Å²) >= 11 is 6.03. The molecule has 1 aliphatic rings. The van der Waals surface area contributed by atoms with E-state index in [0.29, 0.717) is 19.5 Å². The Hall–Kier alpha value is -2.15. The van der Waals surface area contributed by atoms with Gasteiger partial charge in [-0.3, -0.25) is 14.4 Å². The highest BCUT2D eigenvalue weighted by Gasteiger charge is 2.34. The van der Waals surface area contributed by atoms with E-state index in [2.05, 4.69) is 4.98 Å². The lowest BCUT2D eigenvalue weighted by molar-refractivity contribution is -0.148. The fraction of sp³-hybridized carbons (Fsp3) is 0.467. The third-order valence-corrected chi connectivity index (χ3v) is 4.31. The lowest BCUT2D eigenvalue weighted by Gasteiger charge is -2.35. The van der Waals surface area contributed by atoms with E-state index in [-0.39, 0.29) is 40.0 Å². The average Bonchev–Trinajstić information content (AvgIpc) is 2.53. The van der Waals surface area contributed by atoms with E-state index in [1.165, 1.54) is 19.4 Å². The molecule has 2 rings (SSSR count). The summed E-state index contributed by atoms with van der Waals surface area (Å²) < 4.78 is 4.78. The van der Waals surface area contributed by atoms with Crippen LogP contribution in [0.15, 0.2) is 12.3 Å². The molecule has 0 unspecified atom stereocenters. The van der Waals surface area contributed by atoms with Gasteiger partial charge in [0, 0.05) is 19.3 Å². The minimum atomic E-state index is -0.661. The Morgan fingerprint density at radius 3 is 2.65 bits per heavy atom. The molecule has 0 saturated carbocycles. The number of amides is 2. The van der Waals surface area contributed by atoms with E-state index in [9.17, 15) is 14.4 Å². The van der Waals surface area contributed by atoms with Crippen molar-refractivity contribution in [3.63, 3.8) is 0 Å². The molecule has 1 aromatic heterocycles. The first-order valence-corrected chi connectivity index (χ1v) is 7.55. The van der Waals surface area contributed by atoms with Crippen molar-refractivity contribution >= 4 is 29.4 Å². The predicted octanol–water partition coefficient (Wildman–Crippen LogP) is 1.11. The van der Waals surface area contributed by atoms with Crippen molar-refractivity contribution < 1.29 is 19.1 Å². The van der Waals surface area contributed by atoms with Crippen molar-refractivity contribution in [1.82, 2.24) is 9.88 Å². The van der Waals surface area contributed by atoms with Gasteiger partial charge in [0.25, 0.3) is 5.91 Å². The molecule has 8 heteroatoms. The Kier molecular flexibility index (Phi) is 5.20. The van der Waals surface area contributed by atoms with Gasteiger partial charge in [0.1, 0.15) is 5.69 Å². The number of rotatable bonds is 3. The second-order valence-electron chi connectivity index (χ2n) is 5.57. The molecular weight excluding hydrogens is 322 g/mol. The molecule has 1 fully saturated rings. The zero-order valence-electron chi connectivity index (χ0n) is 12.9. The molecule has 1 saturated heterocycles. The zero-order chi connectivity index (χ0) is 17.1. The molecule has 124 valence electrons. The monoisotopic (exact) mass is 339 g/mol. The molecule has 2 amide bonds. The van der Waals surface area contributed by atoms with Gasteiger partial charge >= 0.3 is 5.97 Å². The standard InChI is InChI=1S/C15H18ClN3O4/c1-8-7-19(4-3-10(8)15(22)23-2)14(21)12-11(16)5-9(6-18-12)13(17)20/h5-6,8,10H,3-4,7H2,1-2H3,(H2,17,20)/t8-,10+/m1/s1. The number of pyridine rings is 1. The molecule has 23 heavy (non-hydrogen) atoms. The van der Waals surface area contributed by atoms with Crippen molar-refractivity contribution in [2.24, 2.45) is 17.6 Å². The highest BCUT2D eigenvalue weighted by atomic mass is 35.5. The van der Waals surface area contributed by atoms with Gasteiger partial charge in [0.2, 0.25) is 5.91 Å². The van der Waals surface area contributed by atoms with E-state index >= 15 is 0 Å². The van der Waals surface area contributed by atoms with Crippen molar-refractivity contribution in [2.75, 3.05) is 20.2 Å². The van der Waals surface area contributed by atoms with Crippen molar-refractivity contribution in [2.45, 2.75) is 13.3 Å². The fourth-order valence-electron chi connectivity index (χ4n) is 2.71. The van der Waals surface area contributed by atoms with Crippen LogP contribution in [0.3, 0.4) is 0 Å². The number of hydrogen-bond acceptors (Lipinski definition) is 5. The van der Waals surface area contributed by atoms with Crippen LogP contribution >= 0.6 is 11.6 Å². The SMILES string of the molecule is COC(=O)[C@H]1CCN(C(=O)c2ncc(C(N)=O)cc2Cl)C[C@H]1C. The fourth-order valence-corrected chi connectivity index (χ4v) is 2.96. The first kappa shape index (κ1) is 17.2. The lowest BCUT2D eigenvalue weighted by Crippen LogP contribution is -2.45. The molecule has 2 heterocycles. The number of methoxy groups -OCH3 is 1. The van der Waals surface area contributed by atoms with Gasteiger partial charge < -0.3 is 15.4 Å². The topological polar surface area (TPSA) is 103 Å². The van der Waals surface area contributed by atoms with Crippen LogP contribution in [0.5, 0.6) is 0 Å². The van der Waals surface area contributed by atoms with Crippen molar-refractivity contribution in [1.29, 1.82) is 0 Å². The van der Waals surface area contributed by atoms with Crippen LogP contribution in [0, 0.1) is 11.8 Å². The molecule has 0 aromatic carbocycles. The summed E-state index contributed by atoms with van der Waals surface area (Å²) in [6.45, 7) is 2.72. The molecule has 2 atom stereocenters. The van der Waals surface area contributed by atoms with Crippen LogP contribution in [0.25, 0.3) is 0 Å². The quantitative estimate of drug-likeness (QED) is 0.831. The van der Waals surface area contributed by atoms with E-state index in [1.54, 1.807) is 4.90 Å². The molecule has 0 aliphatic carbocycles. The molecule has 0 bridgehead atoms. The third-order valence-electron chi connectivity index (χ3n) is 4.02. The summed E-state index contributed by atoms with van der Waals surface area (Å²) in [7, 11) is 1.36. The molecule has 2 N–H and O–H groups in total. The van der Waals surface area contributed by atoms with E-state index in [1.807, 2.05) is 6.92 Å². The summed E-state index contributed by atoms with van der Waals surface area (Å²) in [6.07, 6.45) is 1.75. The normalized spacial score (nSPS) is 20.9. The highest BCUT2D eigenvalue weighted by molar-refractivity contribution is 6.33. The van der Waals surface area contributed by atoms with Gasteiger partial charge in [0.15, 0.2) is 0 Å². The van der Waals surface area contributed by atoms with Gasteiger partial charge in [0.05, 0.1) is 23.6 Å². The molecule has 7 nitrogen and oxygen atoms in total. The van der Waals surface area contributed by atoms with Gasteiger partial charge in [-0.05, 0) is 18.4 Å². The Morgan fingerprint density at radius 2 is 2.13 bits per heavy atom. The van der Waals surface area contributed by atoms with Crippen LogP contribution < -0.4 is 5.73 Å². The van der Waals surface area contributed by atoms with Crippen LogP contribution in [-0.4, -0.2) is 47.9 Å². The van der Waals surface area contributed by atoms with E-state index < -0.39 is 5.91 Å². The number of likely N-dealkylation sites (tertiary alicyclic amines) is 1. The minimum Gasteiger partial charge on any atom is -0.469 e. The van der Waals surface area contributed by atoms with Gasteiger partial charge in [-0.2, -0.15) is 0 Å². The number of primary amides is 1. The molecular formula is C15H18ClN3O4. The third kappa shape index (κ3) is 3.61. The first-order valence-electron chi connectivity index (χ1n) is 7.17. The predicted molar refractivity (Wildman–Crippen MR) is 83.0 cm³/mol. The number of piperidine rings is 1. The summed E-state index contributed by atoms with van der Waals surface area (Å²) in [5, 5.41) is 0.0778. The number of ether oxygens (including phenoxy) is 1. The number of carbonyl (C=O) groups excluding carboxylic acids is 3. The van der Waals surface area contributed by atoms with Crippen LogP contribution in [0.1, 0.15) is 34.2 Å². The molecule has 0 radical (unpaired) electrons. The average molecular weight is 340 g/mol. The number of esters is 1. The number of hydrogen-bond donors (Lipinski definition) is 1. The Bertz CT molecular complexity index is 650. The van der Waals surface area contributed by atoms with Gasteiger partial charge in [-0.15, -0.1) is 0 Å². The maximum absolute atomic E-state index is 12.5. The second kappa shape index (κ2) is 6.95. The van der Waals surface area contributed by atoms with Gasteiger partial charge in [-0.25, -0.2) is 4.98 Å². The van der Waals surface area contributed by atoms with Crippen molar-refractivity contribution in [3.05, 3.63) is 28.5 Å². The number of carbonyl (C=O) groups is 3. The maximum Gasteiger partial charge on any atom is 0.309 e. The number of nitrogens with two attached hydrogens (primary N) is 1. The second-order valence-corrected chi connectivity index (χ2v) is 5.97. The van der Waals surface area contributed by atoms with Crippen LogP contribution in [0.4, 0.5) is 0 Å². The largest absolute Gasteiger partial charge is 0.469 e. The highest BCUT2D eigenvalue weighted by Crippen LogP contribution is 2.26. The number of aromatic nitrogens is 1. The summed E-state index contributed by atoms with van der Waals surface area (Å²) in [6, 6.07) is 1.33. The number of halogens is 1. The number of nitrogens with zero attached hydrogens (tertiary/aromatic N) is 2. The van der Waals surface area contributed by atoms with E-state index in [4.69, 9.17) is 22.1 Å². The maximum atomic E-state index is 12.5. The smallest absolute Gasteiger partial charge is 0.309 e. The Morgan fingerprint density at radius 1 is 1.43 bits per heavy atom. The minimum absolute atomic E-state index is 0.0242. The van der Waals surface area contributed by atoms with Crippen molar-refractivity contribution in [3.8, 4) is 0 Å².